The van der Waals surface area contributed by atoms with Crippen LogP contribution in [0.1, 0.15) is 0 Å². The first kappa shape index (κ1) is 11.8. The molecule has 0 aromatic carbocycles. The van der Waals surface area contributed by atoms with Gasteiger partial charge in [0.2, 0.25) is 5.88 Å². The number of pyridine rings is 1. The molecule has 1 heterocycles. The van der Waals surface area contributed by atoms with Crippen LogP contribution in [0.5, 0.6) is 5.88 Å². The lowest BCUT2D eigenvalue weighted by Gasteiger charge is -2.08. The van der Waals surface area contributed by atoms with E-state index in [1.807, 2.05) is 0 Å². The molecule has 4 nitrogen and oxygen atoms in total. The molecule has 2 N–H and O–H groups in total. The highest BCUT2D eigenvalue weighted by atomic mass is 19.4. The first-order valence-electron chi connectivity index (χ1n) is 3.90. The van der Waals surface area contributed by atoms with Gasteiger partial charge in [0.25, 0.3) is 0 Å². The van der Waals surface area contributed by atoms with Crippen LogP contribution in [0.15, 0.2) is 18.3 Å². The second-order valence-electron chi connectivity index (χ2n) is 2.70. The molecular weight excluding hydrogens is 214 g/mol. The normalized spacial score (nSPS) is 11.3. The summed E-state index contributed by atoms with van der Waals surface area (Å²) in [4.78, 5) is 3.48. The summed E-state index contributed by atoms with van der Waals surface area (Å²) >= 11 is 0. The van der Waals surface area contributed by atoms with E-state index in [9.17, 15) is 13.2 Å². The van der Waals surface area contributed by atoms with E-state index in [0.29, 0.717) is 0 Å². The molecule has 0 aliphatic rings. The van der Waals surface area contributed by atoms with E-state index in [0.717, 1.165) is 12.3 Å². The molecule has 0 spiro atoms. The molecule has 15 heavy (non-hydrogen) atoms. The summed E-state index contributed by atoms with van der Waals surface area (Å²) in [6.45, 7) is -1.47. The zero-order valence-corrected chi connectivity index (χ0v) is 7.40. The highest BCUT2D eigenvalue weighted by Crippen LogP contribution is 2.16. The van der Waals surface area contributed by atoms with Crippen LogP contribution in [-0.4, -0.2) is 34.9 Å². The van der Waals surface area contributed by atoms with E-state index in [1.54, 1.807) is 0 Å². The van der Waals surface area contributed by atoms with Crippen molar-refractivity contribution in [2.45, 2.75) is 6.18 Å². The largest absolute Gasteiger partial charge is 0.488 e. The van der Waals surface area contributed by atoms with Gasteiger partial charge >= 0.3 is 13.3 Å². The minimum atomic E-state index is -4.45. The predicted molar refractivity (Wildman–Crippen MR) is 45.6 cm³/mol. The Morgan fingerprint density at radius 2 is 2.07 bits per heavy atom. The van der Waals surface area contributed by atoms with Gasteiger partial charge in [-0.1, -0.05) is 0 Å². The maximum Gasteiger partial charge on any atom is 0.488 e. The van der Waals surface area contributed by atoms with E-state index in [4.69, 9.17) is 10.0 Å². The number of alkyl halides is 3. The molecule has 82 valence electrons. The van der Waals surface area contributed by atoms with Crippen LogP contribution in [0.4, 0.5) is 13.2 Å². The minimum absolute atomic E-state index is 0.0159. The summed E-state index contributed by atoms with van der Waals surface area (Å²) in [5.74, 6) is -0.307. The second-order valence-corrected chi connectivity index (χ2v) is 2.70. The van der Waals surface area contributed by atoms with Gasteiger partial charge in [-0.05, 0) is 11.5 Å². The fraction of sp³-hybridized carbons (Fsp3) is 0.286. The number of nitrogens with zero attached hydrogens (tertiary/aromatic N) is 1. The zero-order chi connectivity index (χ0) is 11.5. The van der Waals surface area contributed by atoms with Crippen LogP contribution in [-0.2, 0) is 0 Å². The van der Waals surface area contributed by atoms with Crippen LogP contribution in [0.2, 0.25) is 0 Å². The maximum absolute atomic E-state index is 11.7. The monoisotopic (exact) mass is 221 g/mol. The highest BCUT2D eigenvalue weighted by Gasteiger charge is 2.28. The van der Waals surface area contributed by atoms with Crippen molar-refractivity contribution in [1.82, 2.24) is 4.98 Å². The molecule has 8 heteroatoms. The Morgan fingerprint density at radius 1 is 1.40 bits per heavy atom. The van der Waals surface area contributed by atoms with Crippen LogP contribution in [0.3, 0.4) is 0 Å². The summed E-state index contributed by atoms with van der Waals surface area (Å²) in [6, 6.07) is 2.28. The molecule has 0 fully saturated rings. The van der Waals surface area contributed by atoms with Crippen LogP contribution in [0.25, 0.3) is 0 Å². The molecule has 0 unspecified atom stereocenters. The molecule has 1 aromatic rings. The lowest BCUT2D eigenvalue weighted by Crippen LogP contribution is -2.30. The lowest BCUT2D eigenvalue weighted by molar-refractivity contribution is -0.154. The average Bonchev–Trinajstić information content (AvgIpc) is 2.14. The summed E-state index contributed by atoms with van der Waals surface area (Å²) in [6.07, 6.45) is -3.32. The number of halogens is 3. The molecule has 0 bridgehead atoms. The van der Waals surface area contributed by atoms with E-state index in [2.05, 4.69) is 9.72 Å². The number of aromatic nitrogens is 1. The smallest absolute Gasteiger partial charge is 0.468 e. The Labute approximate surface area is 83.5 Å². The third-order valence-electron chi connectivity index (χ3n) is 1.44. The molecule has 1 aromatic heterocycles. The number of ether oxygens (including phenoxy) is 1. The molecule has 0 radical (unpaired) electrons. The Balaban J connectivity index is 2.66. The van der Waals surface area contributed by atoms with Crippen LogP contribution in [0, 0.1) is 0 Å². The predicted octanol–water partition coefficient (Wildman–Crippen LogP) is -0.298. The summed E-state index contributed by atoms with van der Waals surface area (Å²) in [5.41, 5.74) is 0.0159. The molecule has 0 saturated carbocycles. The van der Waals surface area contributed by atoms with Crippen LogP contribution < -0.4 is 10.2 Å². The van der Waals surface area contributed by atoms with Crippen molar-refractivity contribution in [1.29, 1.82) is 0 Å². The standard InChI is InChI=1S/C7H7BF3NO3/c9-7(10,11)4-15-6-3-5(8(13)14)1-2-12-6/h1-3,13-14H,4H2. The fourth-order valence-electron chi connectivity index (χ4n) is 0.820. The Kier molecular flexibility index (Phi) is 3.54. The molecule has 1 rings (SSSR count). The molecule has 0 aliphatic heterocycles. The SMILES string of the molecule is OB(O)c1ccnc(OCC(F)(F)F)c1. The Bertz CT molecular complexity index is 332. The second kappa shape index (κ2) is 4.50. The molecular formula is C7H7BF3NO3. The van der Waals surface area contributed by atoms with Gasteiger partial charge in [0.1, 0.15) is 0 Å². The molecule has 0 atom stereocenters. The highest BCUT2D eigenvalue weighted by molar-refractivity contribution is 6.58. The van der Waals surface area contributed by atoms with Crippen molar-refractivity contribution in [3.63, 3.8) is 0 Å². The van der Waals surface area contributed by atoms with Crippen molar-refractivity contribution in [3.05, 3.63) is 18.3 Å². The van der Waals surface area contributed by atoms with Gasteiger partial charge in [-0.25, -0.2) is 4.98 Å². The molecule has 0 saturated heterocycles. The quantitative estimate of drug-likeness (QED) is 0.688. The van der Waals surface area contributed by atoms with Crippen molar-refractivity contribution in [2.24, 2.45) is 0 Å². The van der Waals surface area contributed by atoms with Gasteiger partial charge in [0.05, 0.1) is 0 Å². The Hall–Kier alpha value is -1.28. The van der Waals surface area contributed by atoms with Gasteiger partial charge in [-0.3, -0.25) is 0 Å². The van der Waals surface area contributed by atoms with Gasteiger partial charge in [0, 0.05) is 12.3 Å². The van der Waals surface area contributed by atoms with Crippen molar-refractivity contribution < 1.29 is 28.0 Å². The van der Waals surface area contributed by atoms with Gasteiger partial charge < -0.3 is 14.8 Å². The minimum Gasteiger partial charge on any atom is -0.468 e. The van der Waals surface area contributed by atoms with E-state index < -0.39 is 19.9 Å². The topological polar surface area (TPSA) is 62.6 Å². The van der Waals surface area contributed by atoms with E-state index in [1.165, 1.54) is 6.07 Å². The van der Waals surface area contributed by atoms with Gasteiger partial charge in [0.15, 0.2) is 6.61 Å². The third-order valence-corrected chi connectivity index (χ3v) is 1.44. The first-order chi connectivity index (χ1) is 6.88. The van der Waals surface area contributed by atoms with Gasteiger partial charge in [-0.2, -0.15) is 13.2 Å². The van der Waals surface area contributed by atoms with Crippen molar-refractivity contribution in [3.8, 4) is 5.88 Å². The average molecular weight is 221 g/mol. The van der Waals surface area contributed by atoms with Crippen molar-refractivity contribution in [2.75, 3.05) is 6.61 Å². The number of hydrogen-bond donors (Lipinski definition) is 2. The summed E-state index contributed by atoms with van der Waals surface area (Å²) < 4.78 is 39.5. The first-order valence-corrected chi connectivity index (χ1v) is 3.90. The molecule has 0 amide bonds. The fourth-order valence-corrected chi connectivity index (χ4v) is 0.820. The molecule has 0 aliphatic carbocycles. The lowest BCUT2D eigenvalue weighted by atomic mass is 9.81. The van der Waals surface area contributed by atoms with Crippen molar-refractivity contribution >= 4 is 12.6 Å². The number of hydrogen-bond acceptors (Lipinski definition) is 4. The summed E-state index contributed by atoms with van der Waals surface area (Å²) in [5, 5.41) is 17.5. The third kappa shape index (κ3) is 4.17. The van der Waals surface area contributed by atoms with E-state index >= 15 is 0 Å². The maximum atomic E-state index is 11.7. The number of rotatable bonds is 3. The van der Waals surface area contributed by atoms with Crippen LogP contribution >= 0.6 is 0 Å². The summed E-state index contributed by atoms with van der Waals surface area (Å²) in [7, 11) is -1.76. The zero-order valence-electron chi connectivity index (χ0n) is 7.40. The Morgan fingerprint density at radius 3 is 2.60 bits per heavy atom. The van der Waals surface area contributed by atoms with E-state index in [-0.39, 0.29) is 11.3 Å². The van der Waals surface area contributed by atoms with Gasteiger partial charge in [-0.15, -0.1) is 0 Å².